The first-order chi connectivity index (χ1) is 8.50. The van der Waals surface area contributed by atoms with Gasteiger partial charge in [-0.2, -0.15) is 0 Å². The van der Waals surface area contributed by atoms with Crippen LogP contribution in [0.1, 0.15) is 39.4 Å². The fraction of sp³-hybridized carbons (Fsp3) is 0.714. The van der Waals surface area contributed by atoms with Gasteiger partial charge in [-0.15, -0.1) is 0 Å². The maximum Gasteiger partial charge on any atom is 0.134 e. The van der Waals surface area contributed by atoms with Crippen molar-refractivity contribution in [2.24, 2.45) is 5.41 Å². The van der Waals surface area contributed by atoms with E-state index in [1.165, 1.54) is 12.8 Å². The molecule has 0 bridgehead atoms. The van der Waals surface area contributed by atoms with E-state index in [0.29, 0.717) is 5.41 Å². The van der Waals surface area contributed by atoms with E-state index in [9.17, 15) is 0 Å². The second-order valence-corrected chi connectivity index (χ2v) is 5.84. The number of hydrogen-bond donors (Lipinski definition) is 1. The van der Waals surface area contributed by atoms with Gasteiger partial charge in [0.25, 0.3) is 0 Å². The molecule has 1 N–H and O–H groups in total. The fourth-order valence-electron chi connectivity index (χ4n) is 2.33. The Balaban J connectivity index is 2.13. The molecule has 1 aliphatic heterocycles. The lowest BCUT2D eigenvalue weighted by atomic mass is 9.83. The SMILES string of the molecule is CCNc1cc(N2CCC(C)(C)CC2)nc(C)n1. The molecule has 100 valence electrons. The van der Waals surface area contributed by atoms with Crippen LogP contribution >= 0.6 is 0 Å². The Labute approximate surface area is 110 Å². The van der Waals surface area contributed by atoms with Crippen molar-refractivity contribution in [2.75, 3.05) is 29.9 Å². The average Bonchev–Trinajstić information content (AvgIpc) is 2.28. The molecule has 4 heteroatoms. The second kappa shape index (κ2) is 5.12. The highest BCUT2D eigenvalue weighted by Crippen LogP contribution is 2.31. The molecular weight excluding hydrogens is 224 g/mol. The Kier molecular flexibility index (Phi) is 3.73. The highest BCUT2D eigenvalue weighted by atomic mass is 15.2. The summed E-state index contributed by atoms with van der Waals surface area (Å²) in [6, 6.07) is 2.06. The van der Waals surface area contributed by atoms with Crippen molar-refractivity contribution in [3.8, 4) is 0 Å². The summed E-state index contributed by atoms with van der Waals surface area (Å²) >= 11 is 0. The van der Waals surface area contributed by atoms with E-state index in [0.717, 1.165) is 37.1 Å². The number of hydrogen-bond acceptors (Lipinski definition) is 4. The van der Waals surface area contributed by atoms with Crippen LogP contribution in [-0.4, -0.2) is 29.6 Å². The van der Waals surface area contributed by atoms with E-state index in [1.54, 1.807) is 0 Å². The molecule has 18 heavy (non-hydrogen) atoms. The van der Waals surface area contributed by atoms with Crippen LogP contribution in [-0.2, 0) is 0 Å². The van der Waals surface area contributed by atoms with Gasteiger partial charge in [0.1, 0.15) is 17.5 Å². The van der Waals surface area contributed by atoms with Gasteiger partial charge in [0.2, 0.25) is 0 Å². The molecular formula is C14H24N4. The normalized spacial score (nSPS) is 18.8. The fourth-order valence-corrected chi connectivity index (χ4v) is 2.33. The lowest BCUT2D eigenvalue weighted by Crippen LogP contribution is -2.37. The minimum absolute atomic E-state index is 0.475. The summed E-state index contributed by atoms with van der Waals surface area (Å²) in [5.41, 5.74) is 0.475. The van der Waals surface area contributed by atoms with Crippen molar-refractivity contribution in [1.29, 1.82) is 0 Å². The molecule has 0 unspecified atom stereocenters. The maximum absolute atomic E-state index is 4.56. The largest absolute Gasteiger partial charge is 0.370 e. The zero-order chi connectivity index (χ0) is 13.2. The Hall–Kier alpha value is -1.32. The van der Waals surface area contributed by atoms with E-state index >= 15 is 0 Å². The highest BCUT2D eigenvalue weighted by molar-refractivity contribution is 5.49. The van der Waals surface area contributed by atoms with E-state index < -0.39 is 0 Å². The van der Waals surface area contributed by atoms with Crippen molar-refractivity contribution >= 4 is 11.6 Å². The lowest BCUT2D eigenvalue weighted by Gasteiger charge is -2.37. The minimum Gasteiger partial charge on any atom is -0.370 e. The van der Waals surface area contributed by atoms with E-state index in [2.05, 4.69) is 47.0 Å². The quantitative estimate of drug-likeness (QED) is 0.893. The topological polar surface area (TPSA) is 41.0 Å². The third kappa shape index (κ3) is 3.12. The van der Waals surface area contributed by atoms with Crippen molar-refractivity contribution in [3.05, 3.63) is 11.9 Å². The number of rotatable bonds is 3. The minimum atomic E-state index is 0.475. The van der Waals surface area contributed by atoms with Gasteiger partial charge in [-0.1, -0.05) is 13.8 Å². The summed E-state index contributed by atoms with van der Waals surface area (Å²) in [4.78, 5) is 11.3. The Morgan fingerprint density at radius 3 is 2.56 bits per heavy atom. The van der Waals surface area contributed by atoms with Gasteiger partial charge < -0.3 is 10.2 Å². The van der Waals surface area contributed by atoms with Crippen LogP contribution in [0, 0.1) is 12.3 Å². The molecule has 4 nitrogen and oxygen atoms in total. The van der Waals surface area contributed by atoms with E-state index in [4.69, 9.17) is 0 Å². The summed E-state index contributed by atoms with van der Waals surface area (Å²) in [7, 11) is 0. The van der Waals surface area contributed by atoms with Crippen molar-refractivity contribution in [3.63, 3.8) is 0 Å². The predicted octanol–water partition coefficient (Wildman–Crippen LogP) is 2.84. The molecule has 1 fully saturated rings. The highest BCUT2D eigenvalue weighted by Gasteiger charge is 2.26. The summed E-state index contributed by atoms with van der Waals surface area (Å²) in [5.74, 6) is 2.84. The van der Waals surface area contributed by atoms with Crippen molar-refractivity contribution in [1.82, 2.24) is 9.97 Å². The zero-order valence-electron chi connectivity index (χ0n) is 12.0. The molecule has 1 saturated heterocycles. The van der Waals surface area contributed by atoms with Gasteiger partial charge in [0.15, 0.2) is 0 Å². The van der Waals surface area contributed by atoms with Gasteiger partial charge in [0.05, 0.1) is 0 Å². The first-order valence-electron chi connectivity index (χ1n) is 6.85. The van der Waals surface area contributed by atoms with Crippen LogP contribution in [0.2, 0.25) is 0 Å². The van der Waals surface area contributed by atoms with E-state index in [-0.39, 0.29) is 0 Å². The molecule has 0 aromatic carbocycles. The van der Waals surface area contributed by atoms with Crippen LogP contribution in [0.5, 0.6) is 0 Å². The first-order valence-corrected chi connectivity index (χ1v) is 6.85. The molecule has 0 atom stereocenters. The summed E-state index contributed by atoms with van der Waals surface area (Å²) in [6.45, 7) is 11.8. The number of aromatic nitrogens is 2. The van der Waals surface area contributed by atoms with Gasteiger partial charge in [-0.05, 0) is 32.1 Å². The molecule has 1 aromatic heterocycles. The number of nitrogens with zero attached hydrogens (tertiary/aromatic N) is 3. The maximum atomic E-state index is 4.56. The third-order valence-corrected chi connectivity index (χ3v) is 3.62. The van der Waals surface area contributed by atoms with Gasteiger partial charge in [-0.3, -0.25) is 0 Å². The molecule has 1 aliphatic rings. The predicted molar refractivity (Wildman–Crippen MR) is 76.2 cm³/mol. The first kappa shape index (κ1) is 13.1. The number of aryl methyl sites for hydroxylation is 1. The Bertz CT molecular complexity index is 404. The molecule has 0 aliphatic carbocycles. The van der Waals surface area contributed by atoms with Crippen LogP contribution in [0.15, 0.2) is 6.07 Å². The lowest BCUT2D eigenvalue weighted by molar-refractivity contribution is 0.279. The Morgan fingerprint density at radius 2 is 1.94 bits per heavy atom. The summed E-state index contributed by atoms with van der Waals surface area (Å²) < 4.78 is 0. The monoisotopic (exact) mass is 248 g/mol. The van der Waals surface area contributed by atoms with Gasteiger partial charge in [0, 0.05) is 25.7 Å². The molecule has 2 heterocycles. The molecule has 0 saturated carbocycles. The molecule has 0 radical (unpaired) electrons. The second-order valence-electron chi connectivity index (χ2n) is 5.84. The van der Waals surface area contributed by atoms with Crippen molar-refractivity contribution < 1.29 is 0 Å². The van der Waals surface area contributed by atoms with Crippen LogP contribution in [0.3, 0.4) is 0 Å². The summed E-state index contributed by atoms with van der Waals surface area (Å²) in [6.07, 6.45) is 2.46. The molecule has 1 aromatic rings. The van der Waals surface area contributed by atoms with Crippen LogP contribution < -0.4 is 10.2 Å². The third-order valence-electron chi connectivity index (χ3n) is 3.62. The number of anilines is 2. The smallest absolute Gasteiger partial charge is 0.134 e. The number of piperidine rings is 1. The summed E-state index contributed by atoms with van der Waals surface area (Å²) in [5, 5.41) is 3.27. The van der Waals surface area contributed by atoms with Crippen LogP contribution in [0.4, 0.5) is 11.6 Å². The molecule has 0 amide bonds. The average molecular weight is 248 g/mol. The molecule has 0 spiro atoms. The van der Waals surface area contributed by atoms with Gasteiger partial charge >= 0.3 is 0 Å². The van der Waals surface area contributed by atoms with E-state index in [1.807, 2.05) is 6.92 Å². The standard InChI is InChI=1S/C14H24N4/c1-5-15-12-10-13(17-11(2)16-12)18-8-6-14(3,4)7-9-18/h10H,5-9H2,1-4H3,(H,15,16,17). The number of nitrogens with one attached hydrogen (secondary N) is 1. The van der Waals surface area contributed by atoms with Gasteiger partial charge in [-0.25, -0.2) is 9.97 Å². The zero-order valence-corrected chi connectivity index (χ0v) is 12.0. The Morgan fingerprint density at radius 1 is 1.28 bits per heavy atom. The van der Waals surface area contributed by atoms with Crippen LogP contribution in [0.25, 0.3) is 0 Å². The molecule has 2 rings (SSSR count). The van der Waals surface area contributed by atoms with Crippen molar-refractivity contribution in [2.45, 2.75) is 40.5 Å².